The van der Waals surface area contributed by atoms with Gasteiger partial charge in [0.25, 0.3) is 0 Å². The Balaban J connectivity index is 1.45. The second-order valence-electron chi connectivity index (χ2n) is 6.86. The largest absolute Gasteiger partial charge is 0.467 e. The van der Waals surface area contributed by atoms with Crippen molar-refractivity contribution in [2.75, 3.05) is 39.8 Å². The van der Waals surface area contributed by atoms with Crippen LogP contribution in [-0.2, 0) is 17.9 Å². The molecule has 1 amide bonds. The fourth-order valence-corrected chi connectivity index (χ4v) is 3.23. The Morgan fingerprint density at radius 3 is 2.58 bits per heavy atom. The topological polar surface area (TPSA) is 39.9 Å². The molecule has 1 aliphatic heterocycles. The highest BCUT2D eigenvalue weighted by Gasteiger charge is 2.19. The maximum atomic E-state index is 13.0. The van der Waals surface area contributed by atoms with Crippen molar-refractivity contribution in [3.8, 4) is 0 Å². The molecule has 2 heterocycles. The Morgan fingerprint density at radius 1 is 1.12 bits per heavy atom. The normalized spacial score (nSPS) is 16.4. The SMILES string of the molecule is CN(Cc1ccco1)C(=O)CN1CCCN(Cc2ccc(F)cc2)CC1. The highest BCUT2D eigenvalue weighted by Crippen LogP contribution is 2.11. The molecule has 1 aromatic heterocycles. The number of rotatable bonds is 6. The standard InChI is InChI=1S/C20H26FN3O2/c1-22(15-19-4-2-13-26-19)20(25)16-24-10-3-9-23(11-12-24)14-17-5-7-18(21)8-6-17/h2,4-8,13H,3,9-12,14-16H2,1H3. The number of benzene rings is 1. The summed E-state index contributed by atoms with van der Waals surface area (Å²) in [5, 5.41) is 0. The van der Waals surface area contributed by atoms with Gasteiger partial charge in [0.1, 0.15) is 11.6 Å². The minimum atomic E-state index is -0.201. The summed E-state index contributed by atoms with van der Waals surface area (Å²) in [6, 6.07) is 10.4. The lowest BCUT2D eigenvalue weighted by Crippen LogP contribution is -2.39. The van der Waals surface area contributed by atoms with Crippen LogP contribution in [0.25, 0.3) is 0 Å². The number of carbonyl (C=O) groups excluding carboxylic acids is 1. The Labute approximate surface area is 154 Å². The fourth-order valence-electron chi connectivity index (χ4n) is 3.23. The summed E-state index contributed by atoms with van der Waals surface area (Å²) in [6.07, 6.45) is 2.65. The minimum Gasteiger partial charge on any atom is -0.467 e. The first-order chi connectivity index (χ1) is 12.6. The number of amides is 1. The molecule has 1 aliphatic rings. The van der Waals surface area contributed by atoms with Crippen LogP contribution in [0, 0.1) is 5.82 Å². The van der Waals surface area contributed by atoms with E-state index in [9.17, 15) is 9.18 Å². The quantitative estimate of drug-likeness (QED) is 0.795. The van der Waals surface area contributed by atoms with Gasteiger partial charge in [-0.25, -0.2) is 4.39 Å². The molecular weight excluding hydrogens is 333 g/mol. The van der Waals surface area contributed by atoms with E-state index in [1.807, 2.05) is 31.3 Å². The second kappa shape index (κ2) is 8.96. The monoisotopic (exact) mass is 359 g/mol. The molecule has 1 aromatic carbocycles. The Morgan fingerprint density at radius 2 is 1.85 bits per heavy atom. The summed E-state index contributed by atoms with van der Waals surface area (Å²) >= 11 is 0. The predicted molar refractivity (Wildman–Crippen MR) is 97.9 cm³/mol. The minimum absolute atomic E-state index is 0.105. The molecule has 0 radical (unpaired) electrons. The van der Waals surface area contributed by atoms with E-state index in [4.69, 9.17) is 4.42 Å². The van der Waals surface area contributed by atoms with Gasteiger partial charge in [-0.1, -0.05) is 12.1 Å². The van der Waals surface area contributed by atoms with E-state index in [0.29, 0.717) is 13.1 Å². The summed E-state index contributed by atoms with van der Waals surface area (Å²) in [6.45, 7) is 5.43. The van der Waals surface area contributed by atoms with Crippen LogP contribution in [0.1, 0.15) is 17.7 Å². The van der Waals surface area contributed by atoms with Crippen molar-refractivity contribution >= 4 is 5.91 Å². The van der Waals surface area contributed by atoms with Crippen molar-refractivity contribution in [2.45, 2.75) is 19.5 Å². The molecule has 0 atom stereocenters. The predicted octanol–water partition coefficient (Wildman–Crippen LogP) is 2.59. The molecule has 0 N–H and O–H groups in total. The van der Waals surface area contributed by atoms with Crippen molar-refractivity contribution in [3.05, 3.63) is 59.8 Å². The van der Waals surface area contributed by atoms with E-state index in [1.165, 1.54) is 12.1 Å². The smallest absolute Gasteiger partial charge is 0.236 e. The van der Waals surface area contributed by atoms with E-state index >= 15 is 0 Å². The maximum Gasteiger partial charge on any atom is 0.236 e. The number of hydrogen-bond acceptors (Lipinski definition) is 4. The average molecular weight is 359 g/mol. The number of halogens is 1. The molecule has 0 aliphatic carbocycles. The third kappa shape index (κ3) is 5.41. The summed E-state index contributed by atoms with van der Waals surface area (Å²) in [4.78, 5) is 18.7. The maximum absolute atomic E-state index is 13.0. The highest BCUT2D eigenvalue weighted by molar-refractivity contribution is 5.77. The number of furan rings is 1. The van der Waals surface area contributed by atoms with Crippen molar-refractivity contribution in [3.63, 3.8) is 0 Å². The van der Waals surface area contributed by atoms with E-state index in [2.05, 4.69) is 9.80 Å². The Kier molecular flexibility index (Phi) is 6.41. The molecule has 0 unspecified atom stereocenters. The van der Waals surface area contributed by atoms with Crippen molar-refractivity contribution < 1.29 is 13.6 Å². The first-order valence-electron chi connectivity index (χ1n) is 9.05. The number of hydrogen-bond donors (Lipinski definition) is 0. The van der Waals surface area contributed by atoms with Gasteiger partial charge in [0, 0.05) is 26.7 Å². The van der Waals surface area contributed by atoms with Crippen molar-refractivity contribution in [2.24, 2.45) is 0 Å². The second-order valence-corrected chi connectivity index (χ2v) is 6.86. The molecule has 2 aromatic rings. The molecule has 140 valence electrons. The molecule has 1 fully saturated rings. The molecular formula is C20H26FN3O2. The third-order valence-corrected chi connectivity index (χ3v) is 4.76. The Hall–Kier alpha value is -2.18. The first kappa shape index (κ1) is 18.6. The van der Waals surface area contributed by atoms with Crippen molar-refractivity contribution in [1.82, 2.24) is 14.7 Å². The lowest BCUT2D eigenvalue weighted by atomic mass is 10.2. The van der Waals surface area contributed by atoms with Crippen LogP contribution in [0.5, 0.6) is 0 Å². The summed E-state index contributed by atoms with van der Waals surface area (Å²) in [7, 11) is 1.81. The van der Waals surface area contributed by atoms with Gasteiger partial charge in [0.05, 0.1) is 19.4 Å². The molecule has 0 saturated carbocycles. The summed E-state index contributed by atoms with van der Waals surface area (Å²) < 4.78 is 18.3. The van der Waals surface area contributed by atoms with Gasteiger partial charge < -0.3 is 9.32 Å². The van der Waals surface area contributed by atoms with E-state index in [0.717, 1.165) is 50.5 Å². The summed E-state index contributed by atoms with van der Waals surface area (Å²) in [5.74, 6) is 0.698. The average Bonchev–Trinajstić information content (AvgIpc) is 3.04. The zero-order valence-electron chi connectivity index (χ0n) is 15.2. The fraction of sp³-hybridized carbons (Fsp3) is 0.450. The lowest BCUT2D eigenvalue weighted by Gasteiger charge is -2.24. The van der Waals surface area contributed by atoms with Gasteiger partial charge in [-0.15, -0.1) is 0 Å². The van der Waals surface area contributed by atoms with Crippen molar-refractivity contribution in [1.29, 1.82) is 0 Å². The van der Waals surface area contributed by atoms with Gasteiger partial charge in [0.2, 0.25) is 5.91 Å². The molecule has 5 nitrogen and oxygen atoms in total. The number of likely N-dealkylation sites (N-methyl/N-ethyl adjacent to an activating group) is 1. The summed E-state index contributed by atoms with van der Waals surface area (Å²) in [5.41, 5.74) is 1.12. The first-order valence-corrected chi connectivity index (χ1v) is 9.05. The molecule has 6 heteroatoms. The van der Waals surface area contributed by atoms with Gasteiger partial charge in [0.15, 0.2) is 0 Å². The van der Waals surface area contributed by atoms with Crippen LogP contribution in [0.4, 0.5) is 4.39 Å². The van der Waals surface area contributed by atoms with Crippen LogP contribution in [0.3, 0.4) is 0 Å². The van der Waals surface area contributed by atoms with Gasteiger partial charge >= 0.3 is 0 Å². The van der Waals surface area contributed by atoms with Crippen LogP contribution < -0.4 is 0 Å². The van der Waals surface area contributed by atoms with Gasteiger partial charge in [-0.05, 0) is 49.3 Å². The molecule has 26 heavy (non-hydrogen) atoms. The Bertz CT molecular complexity index is 688. The van der Waals surface area contributed by atoms with Gasteiger partial charge in [-0.2, -0.15) is 0 Å². The molecule has 0 bridgehead atoms. The van der Waals surface area contributed by atoms with Crippen LogP contribution in [0.2, 0.25) is 0 Å². The molecule has 3 rings (SSSR count). The van der Waals surface area contributed by atoms with E-state index < -0.39 is 0 Å². The van der Waals surface area contributed by atoms with Crippen LogP contribution >= 0.6 is 0 Å². The molecule has 0 spiro atoms. The number of nitrogens with zero attached hydrogens (tertiary/aromatic N) is 3. The zero-order chi connectivity index (χ0) is 18.4. The van der Waals surface area contributed by atoms with Crippen LogP contribution in [-0.4, -0.2) is 60.4 Å². The number of carbonyl (C=O) groups is 1. The van der Waals surface area contributed by atoms with E-state index in [-0.39, 0.29) is 11.7 Å². The molecule has 1 saturated heterocycles. The highest BCUT2D eigenvalue weighted by atomic mass is 19.1. The third-order valence-electron chi connectivity index (χ3n) is 4.76. The lowest BCUT2D eigenvalue weighted by molar-refractivity contribution is -0.131. The van der Waals surface area contributed by atoms with Crippen LogP contribution in [0.15, 0.2) is 47.1 Å². The zero-order valence-corrected chi connectivity index (χ0v) is 15.2. The van der Waals surface area contributed by atoms with E-state index in [1.54, 1.807) is 11.2 Å². The van der Waals surface area contributed by atoms with Gasteiger partial charge in [-0.3, -0.25) is 14.6 Å².